The van der Waals surface area contributed by atoms with Gasteiger partial charge in [0.25, 0.3) is 17.5 Å². The molecule has 262 valence electrons. The number of aromatic hydroxyl groups is 1. The highest BCUT2D eigenvalue weighted by molar-refractivity contribution is 6.30. The van der Waals surface area contributed by atoms with E-state index >= 15 is 9.18 Å². The van der Waals surface area contributed by atoms with Crippen molar-refractivity contribution in [3.63, 3.8) is 0 Å². The maximum atomic E-state index is 15.3. The number of non-ortho nitro benzene ring substituents is 1. The first-order chi connectivity index (χ1) is 24.9. The third-order valence-electron chi connectivity index (χ3n) is 10.9. The summed E-state index contributed by atoms with van der Waals surface area (Å²) in [6.07, 6.45) is 1.65. The second kappa shape index (κ2) is 12.1. The predicted octanol–water partition coefficient (Wildman–Crippen LogP) is 6.42. The number of nitrogens with one attached hydrogen (secondary N) is 1. The number of carbonyl (C=O) groups is 4. The molecule has 2 aliphatic heterocycles. The number of hydrazine groups is 1. The number of anilines is 2. The Balaban J connectivity index is 1.32. The number of imide groups is 2. The van der Waals surface area contributed by atoms with Crippen molar-refractivity contribution in [3.05, 3.63) is 141 Å². The Hall–Kier alpha value is -5.95. The molecule has 2 heterocycles. The van der Waals surface area contributed by atoms with Crippen molar-refractivity contribution in [3.8, 4) is 5.75 Å². The summed E-state index contributed by atoms with van der Waals surface area (Å²) in [5, 5.41) is 24.0. The molecule has 0 radical (unpaired) electrons. The number of fused-ring (bicyclic) bond motifs is 4. The molecule has 52 heavy (non-hydrogen) atoms. The van der Waals surface area contributed by atoms with E-state index in [1.54, 1.807) is 30.3 Å². The number of halogens is 3. The summed E-state index contributed by atoms with van der Waals surface area (Å²) in [4.78, 5) is 69.9. The Morgan fingerprint density at radius 2 is 1.60 bits per heavy atom. The van der Waals surface area contributed by atoms with Crippen LogP contribution in [0.25, 0.3) is 0 Å². The first kappa shape index (κ1) is 33.2. The van der Waals surface area contributed by atoms with Crippen molar-refractivity contribution in [2.75, 3.05) is 10.3 Å². The van der Waals surface area contributed by atoms with Crippen LogP contribution in [0.15, 0.2) is 103 Å². The monoisotopic (exact) mass is 724 g/mol. The summed E-state index contributed by atoms with van der Waals surface area (Å²) >= 11 is 6.28. The lowest BCUT2D eigenvalue weighted by Crippen LogP contribution is -2.53. The van der Waals surface area contributed by atoms with Crippen molar-refractivity contribution in [2.24, 2.45) is 23.7 Å². The number of allylic oxidation sites excluding steroid dienone is 2. The maximum Gasteiger partial charge on any atom is 0.271 e. The normalized spacial score (nSPS) is 26.5. The number of nitrogens with zero attached hydrogens (tertiary/aromatic N) is 3. The van der Waals surface area contributed by atoms with Crippen LogP contribution < -0.4 is 10.3 Å². The van der Waals surface area contributed by atoms with E-state index in [1.165, 1.54) is 42.5 Å². The standard InChI is InChI=1S/C38H27ClF2N4O7/c39-20-9-7-19(8-10-20)38-29(35(48)44(37(38)50)42-22-13-11-21(40)12-14-22)18-28-25(32(38)27-5-2-6-30(41)33(27)46)15-16-26-31(28)36(49)43(34(26)47)23-3-1-4-24(17-23)45(51)52/h1-15,17,26,28-29,31-32,42,46H,16,18H2/t26-,28+,29-,31-,32+,38+/m0/s1. The number of amides is 4. The molecule has 1 saturated carbocycles. The zero-order valence-electron chi connectivity index (χ0n) is 26.9. The van der Waals surface area contributed by atoms with Gasteiger partial charge in [-0.25, -0.2) is 13.7 Å². The van der Waals surface area contributed by atoms with Gasteiger partial charge < -0.3 is 5.11 Å². The number of rotatable bonds is 6. The molecule has 2 saturated heterocycles. The molecule has 4 aromatic carbocycles. The van der Waals surface area contributed by atoms with Crippen LogP contribution in [0.4, 0.5) is 25.8 Å². The van der Waals surface area contributed by atoms with Gasteiger partial charge in [-0.05, 0) is 72.9 Å². The van der Waals surface area contributed by atoms with Gasteiger partial charge in [-0.3, -0.25) is 34.7 Å². The van der Waals surface area contributed by atoms with Gasteiger partial charge in [0.2, 0.25) is 11.8 Å². The SMILES string of the molecule is O=C1[C@@H]2C[C@@H]3C(=CC[C@@H]4C(=O)N(c5cccc([N+](=O)[O-])c5)C(=O)[C@@H]43)[C@H](c3cccc(F)c3O)[C@]2(c2ccc(Cl)cc2)C(=O)N1Nc1ccc(F)cc1. The molecular formula is C38H27ClF2N4O7. The molecule has 0 aromatic heterocycles. The summed E-state index contributed by atoms with van der Waals surface area (Å²) < 4.78 is 29.1. The van der Waals surface area contributed by atoms with E-state index < -0.39 is 80.9 Å². The number of hydrogen-bond acceptors (Lipinski definition) is 8. The van der Waals surface area contributed by atoms with Crippen molar-refractivity contribution >= 4 is 52.3 Å². The molecule has 8 rings (SSSR count). The molecule has 4 aliphatic rings. The van der Waals surface area contributed by atoms with Crippen LogP contribution in [0.2, 0.25) is 5.02 Å². The summed E-state index contributed by atoms with van der Waals surface area (Å²) in [6, 6.07) is 20.3. The minimum atomic E-state index is -1.82. The molecule has 2 aliphatic carbocycles. The maximum absolute atomic E-state index is 15.3. The van der Waals surface area contributed by atoms with Crippen LogP contribution in [0.1, 0.15) is 29.9 Å². The zero-order valence-corrected chi connectivity index (χ0v) is 27.7. The fourth-order valence-electron chi connectivity index (χ4n) is 8.76. The number of phenolic OH excluding ortho intramolecular Hbond substituents is 1. The van der Waals surface area contributed by atoms with E-state index in [0.29, 0.717) is 16.2 Å². The van der Waals surface area contributed by atoms with Crippen molar-refractivity contribution in [1.29, 1.82) is 0 Å². The number of para-hydroxylation sites is 1. The Bertz CT molecular complexity index is 2250. The first-order valence-corrected chi connectivity index (χ1v) is 16.8. The molecule has 0 bridgehead atoms. The number of phenols is 1. The van der Waals surface area contributed by atoms with Crippen LogP contribution in [-0.2, 0) is 24.6 Å². The van der Waals surface area contributed by atoms with Crippen LogP contribution in [0.3, 0.4) is 0 Å². The summed E-state index contributed by atoms with van der Waals surface area (Å²) in [5.74, 6) is -10.1. The molecule has 11 nitrogen and oxygen atoms in total. The summed E-state index contributed by atoms with van der Waals surface area (Å²) in [7, 11) is 0. The Kier molecular flexibility index (Phi) is 7.72. The molecule has 4 amide bonds. The lowest BCUT2D eigenvalue weighted by molar-refractivity contribution is -0.384. The van der Waals surface area contributed by atoms with E-state index in [4.69, 9.17) is 11.6 Å². The van der Waals surface area contributed by atoms with E-state index in [1.807, 2.05) is 0 Å². The van der Waals surface area contributed by atoms with Crippen molar-refractivity contribution < 1.29 is 38.0 Å². The Morgan fingerprint density at radius 3 is 2.31 bits per heavy atom. The van der Waals surface area contributed by atoms with Crippen LogP contribution in [0.5, 0.6) is 5.75 Å². The van der Waals surface area contributed by atoms with Crippen LogP contribution in [0, 0.1) is 45.4 Å². The zero-order chi connectivity index (χ0) is 36.6. The Labute approximate surface area is 299 Å². The topological polar surface area (TPSA) is 150 Å². The number of carbonyl (C=O) groups excluding carboxylic acids is 4. The number of nitro benzene ring substituents is 1. The highest BCUT2D eigenvalue weighted by atomic mass is 35.5. The van der Waals surface area contributed by atoms with Crippen LogP contribution >= 0.6 is 11.6 Å². The van der Waals surface area contributed by atoms with Gasteiger partial charge in [-0.2, -0.15) is 5.01 Å². The second-order valence-corrected chi connectivity index (χ2v) is 13.8. The van der Waals surface area contributed by atoms with Gasteiger partial charge in [0.1, 0.15) is 5.82 Å². The summed E-state index contributed by atoms with van der Waals surface area (Å²) in [5.41, 5.74) is 1.71. The smallest absolute Gasteiger partial charge is 0.271 e. The number of benzene rings is 4. The molecule has 0 spiro atoms. The largest absolute Gasteiger partial charge is 0.505 e. The molecule has 4 aromatic rings. The Morgan fingerprint density at radius 1 is 0.885 bits per heavy atom. The average molecular weight is 725 g/mol. The fourth-order valence-corrected chi connectivity index (χ4v) is 8.89. The van der Waals surface area contributed by atoms with Gasteiger partial charge in [-0.15, -0.1) is 0 Å². The van der Waals surface area contributed by atoms with Crippen LogP contribution in [-0.4, -0.2) is 38.7 Å². The quantitative estimate of drug-likeness (QED) is 0.100. The molecule has 3 fully saturated rings. The van der Waals surface area contributed by atoms with Gasteiger partial charge in [0.05, 0.1) is 39.5 Å². The van der Waals surface area contributed by atoms with Crippen molar-refractivity contribution in [2.45, 2.75) is 24.2 Å². The third kappa shape index (κ3) is 4.75. The minimum absolute atomic E-state index is 0.00792. The minimum Gasteiger partial charge on any atom is -0.505 e. The van der Waals surface area contributed by atoms with Gasteiger partial charge in [-0.1, -0.05) is 53.6 Å². The molecule has 2 N–H and O–H groups in total. The molecular weight excluding hydrogens is 698 g/mol. The molecule has 6 atom stereocenters. The van der Waals surface area contributed by atoms with Gasteiger partial charge in [0, 0.05) is 28.6 Å². The first-order valence-electron chi connectivity index (χ1n) is 16.4. The lowest BCUT2D eigenvalue weighted by Gasteiger charge is -2.50. The molecule has 0 unspecified atom stereocenters. The highest BCUT2D eigenvalue weighted by Gasteiger charge is 2.70. The second-order valence-electron chi connectivity index (χ2n) is 13.3. The lowest BCUT2D eigenvalue weighted by atomic mass is 9.49. The van der Waals surface area contributed by atoms with Gasteiger partial charge in [0.15, 0.2) is 11.6 Å². The van der Waals surface area contributed by atoms with E-state index in [-0.39, 0.29) is 35.5 Å². The third-order valence-corrected chi connectivity index (χ3v) is 11.1. The van der Waals surface area contributed by atoms with Gasteiger partial charge >= 0.3 is 0 Å². The van der Waals surface area contributed by atoms with E-state index in [0.717, 1.165) is 34.2 Å². The number of nitro groups is 1. The average Bonchev–Trinajstić information content (AvgIpc) is 3.51. The highest BCUT2D eigenvalue weighted by Crippen LogP contribution is 2.65. The predicted molar refractivity (Wildman–Crippen MR) is 183 cm³/mol. The van der Waals surface area contributed by atoms with E-state index in [9.17, 15) is 34.0 Å². The van der Waals surface area contributed by atoms with Crippen molar-refractivity contribution in [1.82, 2.24) is 5.01 Å². The van der Waals surface area contributed by atoms with E-state index in [2.05, 4.69) is 5.43 Å². The summed E-state index contributed by atoms with van der Waals surface area (Å²) in [6.45, 7) is 0. The fraction of sp³-hybridized carbons (Fsp3) is 0.211. The number of hydrogen-bond donors (Lipinski definition) is 2. The molecule has 14 heteroatoms.